The largest absolute Gasteiger partial charge is 0.506 e. The number of hydrogen-bond donors (Lipinski definition) is 4. The van der Waals surface area contributed by atoms with Crippen molar-refractivity contribution in [2.45, 2.75) is 25.9 Å². The molecule has 0 aliphatic carbocycles. The van der Waals surface area contributed by atoms with Crippen molar-refractivity contribution in [1.82, 2.24) is 10.3 Å². The number of aliphatic hydroxyl groups excluding tert-OH is 1. The number of aromatic amines is 1. The third-order valence-electron chi connectivity index (χ3n) is 4.54. The summed E-state index contributed by atoms with van der Waals surface area (Å²) in [6.45, 7) is 3.29. The first-order valence-corrected chi connectivity index (χ1v) is 8.84. The van der Waals surface area contributed by atoms with Gasteiger partial charge in [0, 0.05) is 18.0 Å². The molecule has 3 rings (SSSR count). The van der Waals surface area contributed by atoms with E-state index in [1.165, 1.54) is 23.3 Å². The topological polar surface area (TPSA) is 85.3 Å². The summed E-state index contributed by atoms with van der Waals surface area (Å²) in [7, 11) is 0. The van der Waals surface area contributed by atoms with Gasteiger partial charge < -0.3 is 20.5 Å². The highest BCUT2D eigenvalue weighted by Gasteiger charge is 2.13. The minimum absolute atomic E-state index is 0.000271. The molecule has 1 unspecified atom stereocenters. The number of nitrogens with one attached hydrogen (secondary N) is 2. The predicted molar refractivity (Wildman–Crippen MR) is 104 cm³/mol. The van der Waals surface area contributed by atoms with Gasteiger partial charge in [-0.25, -0.2) is 0 Å². The van der Waals surface area contributed by atoms with Crippen molar-refractivity contribution >= 4 is 10.9 Å². The first-order valence-electron chi connectivity index (χ1n) is 8.84. The molecule has 3 aromatic rings. The molecule has 1 aromatic heterocycles. The van der Waals surface area contributed by atoms with Crippen LogP contribution in [0.5, 0.6) is 5.75 Å². The lowest BCUT2D eigenvalue weighted by Gasteiger charge is -2.15. The summed E-state index contributed by atoms with van der Waals surface area (Å²) < 4.78 is 0. The van der Waals surface area contributed by atoms with Crippen LogP contribution >= 0.6 is 0 Å². The fourth-order valence-corrected chi connectivity index (χ4v) is 3.07. The van der Waals surface area contributed by atoms with E-state index in [0.29, 0.717) is 23.0 Å². The van der Waals surface area contributed by atoms with E-state index >= 15 is 0 Å². The van der Waals surface area contributed by atoms with Gasteiger partial charge in [-0.15, -0.1) is 0 Å². The number of hydrogen-bond acceptors (Lipinski definition) is 4. The molecule has 0 saturated heterocycles. The lowest BCUT2D eigenvalue weighted by Crippen LogP contribution is -2.23. The monoisotopic (exact) mass is 352 g/mol. The van der Waals surface area contributed by atoms with Crippen molar-refractivity contribution in [2.24, 2.45) is 0 Å². The van der Waals surface area contributed by atoms with Crippen LogP contribution in [0.4, 0.5) is 0 Å². The number of rotatable bonds is 7. The van der Waals surface area contributed by atoms with Gasteiger partial charge in [0.25, 0.3) is 0 Å². The van der Waals surface area contributed by atoms with E-state index < -0.39 is 6.10 Å². The molecule has 5 heteroatoms. The van der Waals surface area contributed by atoms with E-state index in [2.05, 4.69) is 41.5 Å². The van der Waals surface area contributed by atoms with Crippen LogP contribution in [0.15, 0.2) is 53.3 Å². The number of fused-ring (bicyclic) bond motifs is 1. The van der Waals surface area contributed by atoms with Crippen molar-refractivity contribution in [3.8, 4) is 5.75 Å². The summed E-state index contributed by atoms with van der Waals surface area (Å²) in [6, 6.07) is 14.7. The highest BCUT2D eigenvalue weighted by Crippen LogP contribution is 2.28. The number of benzene rings is 2. The van der Waals surface area contributed by atoms with Gasteiger partial charge >= 0.3 is 0 Å². The Morgan fingerprint density at radius 1 is 1.08 bits per heavy atom. The first-order chi connectivity index (χ1) is 12.5. The van der Waals surface area contributed by atoms with Gasteiger partial charge in [-0.3, -0.25) is 4.79 Å². The Hall–Kier alpha value is -2.63. The van der Waals surface area contributed by atoms with Gasteiger partial charge in [0.15, 0.2) is 0 Å². The molecule has 0 aliphatic heterocycles. The molecule has 0 amide bonds. The van der Waals surface area contributed by atoms with E-state index in [9.17, 15) is 15.0 Å². The predicted octanol–water partition coefficient (Wildman–Crippen LogP) is 2.80. The van der Waals surface area contributed by atoms with Crippen molar-refractivity contribution < 1.29 is 10.2 Å². The van der Waals surface area contributed by atoms with Crippen molar-refractivity contribution in [3.63, 3.8) is 0 Å². The lowest BCUT2D eigenvalue weighted by molar-refractivity contribution is 0.176. The van der Waals surface area contributed by atoms with E-state index in [1.807, 2.05) is 0 Å². The Morgan fingerprint density at radius 3 is 2.62 bits per heavy atom. The molecular weight excluding hydrogens is 328 g/mol. The molecule has 136 valence electrons. The maximum atomic E-state index is 11.5. The summed E-state index contributed by atoms with van der Waals surface area (Å²) in [5, 5.41) is 24.3. The molecule has 1 atom stereocenters. The van der Waals surface area contributed by atoms with Crippen molar-refractivity contribution in [2.75, 3.05) is 13.1 Å². The molecule has 4 N–H and O–H groups in total. The van der Waals surface area contributed by atoms with E-state index in [1.54, 1.807) is 12.1 Å². The van der Waals surface area contributed by atoms with E-state index in [0.717, 1.165) is 19.4 Å². The number of aryl methyl sites for hydroxylation is 2. The number of aromatic nitrogens is 1. The van der Waals surface area contributed by atoms with Crippen LogP contribution in [-0.4, -0.2) is 28.3 Å². The van der Waals surface area contributed by atoms with Gasteiger partial charge in [0.05, 0.1) is 11.6 Å². The normalized spacial score (nSPS) is 12.4. The van der Waals surface area contributed by atoms with Crippen LogP contribution in [0.1, 0.15) is 29.2 Å². The van der Waals surface area contributed by atoms with Gasteiger partial charge in [-0.05, 0) is 49.6 Å². The SMILES string of the molecule is Cc1ccc(CCCNCC(O)c2ccc(O)c3[nH]c(=O)ccc23)cc1. The number of phenols is 1. The molecule has 0 saturated carbocycles. The van der Waals surface area contributed by atoms with Crippen molar-refractivity contribution in [3.05, 3.63) is 75.6 Å². The zero-order valence-corrected chi connectivity index (χ0v) is 14.8. The maximum absolute atomic E-state index is 11.5. The molecule has 0 spiro atoms. The fourth-order valence-electron chi connectivity index (χ4n) is 3.07. The van der Waals surface area contributed by atoms with Crippen LogP contribution < -0.4 is 10.9 Å². The highest BCUT2D eigenvalue weighted by atomic mass is 16.3. The Morgan fingerprint density at radius 2 is 1.85 bits per heavy atom. The number of H-pyrrole nitrogens is 1. The van der Waals surface area contributed by atoms with Crippen molar-refractivity contribution in [1.29, 1.82) is 0 Å². The van der Waals surface area contributed by atoms with Crippen LogP contribution in [0.25, 0.3) is 10.9 Å². The standard InChI is InChI=1S/C21H24N2O3/c1-14-4-6-15(7-5-14)3-2-12-22-13-19(25)16-8-10-18(24)21-17(16)9-11-20(26)23-21/h4-11,19,22,24-25H,2-3,12-13H2,1H3,(H,23,26). The quantitative estimate of drug-likeness (QED) is 0.493. The van der Waals surface area contributed by atoms with Gasteiger partial charge in [0.2, 0.25) is 5.56 Å². The number of aromatic hydroxyl groups is 1. The van der Waals surface area contributed by atoms with Crippen LogP contribution in [0.2, 0.25) is 0 Å². The molecule has 0 aliphatic rings. The molecule has 5 nitrogen and oxygen atoms in total. The Bertz CT molecular complexity index is 932. The van der Waals surface area contributed by atoms with Crippen LogP contribution in [0.3, 0.4) is 0 Å². The molecule has 0 fully saturated rings. The smallest absolute Gasteiger partial charge is 0.248 e. The molecule has 1 heterocycles. The van der Waals surface area contributed by atoms with Crippen LogP contribution in [-0.2, 0) is 6.42 Å². The summed E-state index contributed by atoms with van der Waals surface area (Å²) in [5.74, 6) is -0.000271. The first kappa shape index (κ1) is 18.2. The summed E-state index contributed by atoms with van der Waals surface area (Å²) in [6.07, 6.45) is 1.26. The van der Waals surface area contributed by atoms with E-state index in [4.69, 9.17) is 0 Å². The summed E-state index contributed by atoms with van der Waals surface area (Å²) >= 11 is 0. The highest BCUT2D eigenvalue weighted by molar-refractivity contribution is 5.87. The Balaban J connectivity index is 1.56. The zero-order chi connectivity index (χ0) is 18.5. The zero-order valence-electron chi connectivity index (χ0n) is 14.8. The lowest BCUT2D eigenvalue weighted by atomic mass is 10.0. The molecule has 2 aromatic carbocycles. The average Bonchev–Trinajstić information content (AvgIpc) is 2.63. The third kappa shape index (κ3) is 4.31. The van der Waals surface area contributed by atoms with Gasteiger partial charge in [-0.1, -0.05) is 35.9 Å². The second kappa shape index (κ2) is 8.17. The molecule has 0 bridgehead atoms. The summed E-state index contributed by atoms with van der Waals surface area (Å²) in [4.78, 5) is 14.1. The molecular formula is C21H24N2O3. The molecule has 0 radical (unpaired) electrons. The second-order valence-corrected chi connectivity index (χ2v) is 6.59. The maximum Gasteiger partial charge on any atom is 0.248 e. The number of phenolic OH excluding ortho intramolecular Hbond substituents is 1. The van der Waals surface area contributed by atoms with Gasteiger partial charge in [0.1, 0.15) is 5.75 Å². The average molecular weight is 352 g/mol. The van der Waals surface area contributed by atoms with E-state index in [-0.39, 0.29) is 11.3 Å². The summed E-state index contributed by atoms with van der Waals surface area (Å²) in [5.41, 5.74) is 3.33. The second-order valence-electron chi connectivity index (χ2n) is 6.59. The Kier molecular flexibility index (Phi) is 5.71. The minimum Gasteiger partial charge on any atom is -0.506 e. The third-order valence-corrected chi connectivity index (χ3v) is 4.54. The number of pyridine rings is 1. The minimum atomic E-state index is -0.719. The van der Waals surface area contributed by atoms with Crippen LogP contribution in [0, 0.1) is 6.92 Å². The molecule has 26 heavy (non-hydrogen) atoms. The number of aliphatic hydroxyl groups is 1. The Labute approximate surface area is 152 Å². The fraction of sp³-hybridized carbons (Fsp3) is 0.286. The van der Waals surface area contributed by atoms with Gasteiger partial charge in [-0.2, -0.15) is 0 Å².